The van der Waals surface area contributed by atoms with Gasteiger partial charge in [0, 0.05) is 17.7 Å². The van der Waals surface area contributed by atoms with Crippen molar-refractivity contribution in [3.8, 4) is 0 Å². The van der Waals surface area contributed by atoms with Gasteiger partial charge in [-0.1, -0.05) is 0 Å². The lowest BCUT2D eigenvalue weighted by Gasteiger charge is -2.33. The van der Waals surface area contributed by atoms with Gasteiger partial charge in [-0.25, -0.2) is 0 Å². The van der Waals surface area contributed by atoms with E-state index in [0.717, 1.165) is 5.56 Å². The minimum atomic E-state index is -0.431. The van der Waals surface area contributed by atoms with E-state index in [0.29, 0.717) is 24.1 Å². The Bertz CT molecular complexity index is 391. The molecule has 7 heteroatoms. The normalized spacial score (nSPS) is 10.9. The van der Waals surface area contributed by atoms with Crippen LogP contribution in [0.15, 0.2) is 24.3 Å². The zero-order chi connectivity index (χ0) is 13.6. The summed E-state index contributed by atoms with van der Waals surface area (Å²) in [6, 6.07) is 6.36. The fourth-order valence-electron chi connectivity index (χ4n) is 1.92. The molecular weight excluding hydrogens is 272 g/mol. The first-order valence-electron chi connectivity index (χ1n) is 5.79. The van der Waals surface area contributed by atoms with E-state index in [-0.39, 0.29) is 31.3 Å². The molecule has 0 saturated heterocycles. The Morgan fingerprint density at radius 3 is 2.00 bits per heavy atom. The number of halogens is 1. The second kappa shape index (κ2) is 8.06. The Balaban J connectivity index is 0.00000324. The van der Waals surface area contributed by atoms with Crippen LogP contribution in [0.3, 0.4) is 0 Å². The van der Waals surface area contributed by atoms with Gasteiger partial charge in [0.25, 0.3) is 5.69 Å². The van der Waals surface area contributed by atoms with E-state index in [2.05, 4.69) is 0 Å². The maximum Gasteiger partial charge on any atom is 0.269 e. The number of quaternary nitrogens is 1. The Kier molecular flexibility index (Phi) is 7.55. The highest BCUT2D eigenvalue weighted by Crippen LogP contribution is 2.16. The fraction of sp³-hybridized carbons (Fsp3) is 0.500. The molecule has 0 aliphatic heterocycles. The van der Waals surface area contributed by atoms with Crippen molar-refractivity contribution in [3.05, 3.63) is 39.9 Å². The number of nitrogens with zero attached hydrogens (tertiary/aromatic N) is 2. The molecule has 0 spiro atoms. The van der Waals surface area contributed by atoms with Crippen LogP contribution < -0.4 is 12.4 Å². The van der Waals surface area contributed by atoms with Gasteiger partial charge >= 0.3 is 0 Å². The Morgan fingerprint density at radius 1 is 1.16 bits per heavy atom. The van der Waals surface area contributed by atoms with Crippen LogP contribution in [0.25, 0.3) is 0 Å². The average molecular weight is 291 g/mol. The third-order valence-corrected chi connectivity index (χ3v) is 2.99. The van der Waals surface area contributed by atoms with E-state index in [9.17, 15) is 10.1 Å². The van der Waals surface area contributed by atoms with Crippen LogP contribution in [-0.4, -0.2) is 53.0 Å². The number of rotatable bonds is 7. The highest BCUT2D eigenvalue weighted by Gasteiger charge is 2.21. The summed E-state index contributed by atoms with van der Waals surface area (Å²) < 4.78 is 0.505. The first kappa shape index (κ1) is 17.8. The zero-order valence-corrected chi connectivity index (χ0v) is 11.6. The number of hydrogen-bond acceptors (Lipinski definition) is 4. The largest absolute Gasteiger partial charge is 1.00 e. The maximum atomic E-state index is 10.5. The number of benzene rings is 1. The average Bonchev–Trinajstić information content (AvgIpc) is 2.30. The van der Waals surface area contributed by atoms with Gasteiger partial charge in [-0.15, -0.1) is 0 Å². The van der Waals surface area contributed by atoms with E-state index >= 15 is 0 Å². The van der Waals surface area contributed by atoms with Gasteiger partial charge in [-0.2, -0.15) is 0 Å². The van der Waals surface area contributed by atoms with Crippen molar-refractivity contribution >= 4 is 5.69 Å². The van der Waals surface area contributed by atoms with Gasteiger partial charge in [0.1, 0.15) is 19.6 Å². The predicted molar refractivity (Wildman–Crippen MR) is 66.9 cm³/mol. The number of nitro groups is 1. The molecule has 1 aromatic rings. The number of nitro benzene ring substituents is 1. The molecule has 0 aromatic heterocycles. The smallest absolute Gasteiger partial charge is 0.269 e. The van der Waals surface area contributed by atoms with Crippen molar-refractivity contribution < 1.29 is 32.0 Å². The Labute approximate surface area is 118 Å². The van der Waals surface area contributed by atoms with Gasteiger partial charge in [0.2, 0.25) is 0 Å². The van der Waals surface area contributed by atoms with Gasteiger partial charge in [-0.3, -0.25) is 10.1 Å². The minimum Gasteiger partial charge on any atom is -1.00 e. The zero-order valence-electron chi connectivity index (χ0n) is 10.8. The SMILES string of the molecule is C[N+](CCO)(CCO)Cc1ccc([N+](=O)[O-])cc1.[Cl-]. The Morgan fingerprint density at radius 2 is 1.63 bits per heavy atom. The molecule has 0 saturated carbocycles. The topological polar surface area (TPSA) is 83.6 Å². The summed E-state index contributed by atoms with van der Waals surface area (Å²) >= 11 is 0. The van der Waals surface area contributed by atoms with Gasteiger partial charge < -0.3 is 27.1 Å². The molecule has 0 fully saturated rings. The summed E-state index contributed by atoms with van der Waals surface area (Å²) in [6.45, 7) is 1.79. The van der Waals surface area contributed by atoms with Crippen molar-refractivity contribution in [2.24, 2.45) is 0 Å². The molecule has 6 nitrogen and oxygen atoms in total. The van der Waals surface area contributed by atoms with Crippen molar-refractivity contribution in [1.29, 1.82) is 0 Å². The highest BCUT2D eigenvalue weighted by molar-refractivity contribution is 5.32. The molecule has 0 bridgehead atoms. The number of hydrogen-bond donors (Lipinski definition) is 2. The fourth-order valence-corrected chi connectivity index (χ4v) is 1.92. The number of aliphatic hydroxyl groups excluding tert-OH is 2. The van der Waals surface area contributed by atoms with Crippen LogP contribution in [0.4, 0.5) is 5.69 Å². The van der Waals surface area contributed by atoms with E-state index in [1.807, 2.05) is 7.05 Å². The van der Waals surface area contributed by atoms with Crippen molar-refractivity contribution in [3.63, 3.8) is 0 Å². The highest BCUT2D eigenvalue weighted by atomic mass is 35.5. The summed E-state index contributed by atoms with van der Waals surface area (Å²) in [5.41, 5.74) is 1.02. The van der Waals surface area contributed by atoms with Crippen LogP contribution in [-0.2, 0) is 6.54 Å². The molecule has 108 valence electrons. The lowest BCUT2D eigenvalue weighted by atomic mass is 10.1. The lowest BCUT2D eigenvalue weighted by molar-refractivity contribution is -0.923. The maximum absolute atomic E-state index is 10.5. The summed E-state index contributed by atoms with van der Waals surface area (Å²) in [4.78, 5) is 10.1. The van der Waals surface area contributed by atoms with Crippen LogP contribution in [0, 0.1) is 10.1 Å². The van der Waals surface area contributed by atoms with Gasteiger partial charge in [0.05, 0.1) is 25.2 Å². The molecule has 0 atom stereocenters. The molecular formula is C12H19ClN2O4. The van der Waals surface area contributed by atoms with Crippen LogP contribution in [0.5, 0.6) is 0 Å². The number of likely N-dealkylation sites (N-methyl/N-ethyl adjacent to an activating group) is 1. The van der Waals surface area contributed by atoms with E-state index in [1.54, 1.807) is 12.1 Å². The Hall–Kier alpha value is -1.21. The summed E-state index contributed by atoms with van der Waals surface area (Å²) in [6.07, 6.45) is 0. The molecule has 0 radical (unpaired) electrons. The molecule has 0 aliphatic carbocycles. The quantitative estimate of drug-likeness (QED) is 0.331. The molecule has 2 N–H and O–H groups in total. The second-order valence-corrected chi connectivity index (χ2v) is 4.60. The summed E-state index contributed by atoms with van der Waals surface area (Å²) in [5.74, 6) is 0. The van der Waals surface area contributed by atoms with Crippen LogP contribution >= 0.6 is 0 Å². The van der Waals surface area contributed by atoms with Crippen molar-refractivity contribution in [2.45, 2.75) is 6.54 Å². The van der Waals surface area contributed by atoms with Crippen LogP contribution in [0.2, 0.25) is 0 Å². The van der Waals surface area contributed by atoms with E-state index < -0.39 is 4.92 Å². The van der Waals surface area contributed by atoms with E-state index in [1.165, 1.54) is 12.1 Å². The molecule has 1 aromatic carbocycles. The van der Waals surface area contributed by atoms with Crippen molar-refractivity contribution in [1.82, 2.24) is 0 Å². The third-order valence-electron chi connectivity index (χ3n) is 2.99. The first-order valence-corrected chi connectivity index (χ1v) is 5.79. The van der Waals surface area contributed by atoms with Crippen molar-refractivity contribution in [2.75, 3.05) is 33.4 Å². The minimum absolute atomic E-state index is 0. The van der Waals surface area contributed by atoms with E-state index in [4.69, 9.17) is 10.2 Å². The third kappa shape index (κ3) is 5.52. The van der Waals surface area contributed by atoms with Gasteiger partial charge in [0.15, 0.2) is 0 Å². The monoisotopic (exact) mass is 290 g/mol. The molecule has 1 rings (SSSR count). The molecule has 0 amide bonds. The molecule has 0 heterocycles. The second-order valence-electron chi connectivity index (χ2n) is 4.60. The molecule has 0 unspecified atom stereocenters. The summed E-state index contributed by atoms with van der Waals surface area (Å²) in [7, 11) is 1.94. The van der Waals surface area contributed by atoms with Crippen LogP contribution in [0.1, 0.15) is 5.56 Å². The molecule has 19 heavy (non-hydrogen) atoms. The number of aliphatic hydroxyl groups is 2. The first-order chi connectivity index (χ1) is 8.50. The summed E-state index contributed by atoms with van der Waals surface area (Å²) in [5, 5.41) is 28.6. The predicted octanol–water partition coefficient (Wildman–Crippen LogP) is -2.47. The lowest BCUT2D eigenvalue weighted by Crippen LogP contribution is -3.00. The molecule has 0 aliphatic rings. The van der Waals surface area contributed by atoms with Gasteiger partial charge in [-0.05, 0) is 12.1 Å². The number of non-ortho nitro benzene ring substituents is 1. The standard InChI is InChI=1S/C12H19N2O4.ClH/c1-14(6-8-15,7-9-16)10-11-2-4-12(5-3-11)13(17)18;/h2-5,15-16H,6-10H2,1H3;1H/q+1;/p-1.